The molecule has 0 radical (unpaired) electrons. The van der Waals surface area contributed by atoms with Crippen molar-refractivity contribution in [1.29, 1.82) is 0 Å². The summed E-state index contributed by atoms with van der Waals surface area (Å²) in [6, 6.07) is 11.6. The lowest BCUT2D eigenvalue weighted by molar-refractivity contribution is 0.0998. The Labute approximate surface area is 152 Å². The lowest BCUT2D eigenvalue weighted by atomic mass is 10.1. The Morgan fingerprint density at radius 2 is 1.80 bits per heavy atom. The van der Waals surface area contributed by atoms with E-state index in [9.17, 15) is 13.2 Å². The quantitative estimate of drug-likeness (QED) is 0.707. The normalized spacial score (nSPS) is 10.5. The van der Waals surface area contributed by atoms with Crippen LogP contribution in [0.15, 0.2) is 42.5 Å². The molecule has 136 valence electrons. The van der Waals surface area contributed by atoms with Crippen molar-refractivity contribution < 1.29 is 22.7 Å². The number of para-hydroxylation sites is 1. The van der Waals surface area contributed by atoms with Gasteiger partial charge < -0.3 is 15.2 Å². The number of anilines is 1. The summed E-state index contributed by atoms with van der Waals surface area (Å²) in [6.45, 7) is -0.208. The lowest BCUT2D eigenvalue weighted by Crippen LogP contribution is -2.16. The van der Waals surface area contributed by atoms with Crippen molar-refractivity contribution in [1.82, 2.24) is 0 Å². The topological polar surface area (TPSA) is 108 Å². The summed E-state index contributed by atoms with van der Waals surface area (Å²) in [7, 11) is -2.17. The first kappa shape index (κ1) is 20.8. The van der Waals surface area contributed by atoms with E-state index < -0.39 is 10.0 Å². The molecule has 0 heterocycles. The van der Waals surface area contributed by atoms with Gasteiger partial charge in [-0.1, -0.05) is 18.2 Å². The maximum Gasteiger partial charge on any atom is 0.229 e. The van der Waals surface area contributed by atoms with Crippen molar-refractivity contribution in [2.24, 2.45) is 5.73 Å². The molecule has 0 unspecified atom stereocenters. The molecular weight excluding hydrogens is 368 g/mol. The minimum absolute atomic E-state index is 0. The van der Waals surface area contributed by atoms with Gasteiger partial charge >= 0.3 is 0 Å². The number of hydrogen-bond donors (Lipinski definition) is 2. The summed E-state index contributed by atoms with van der Waals surface area (Å²) in [5.41, 5.74) is 5.78. The highest BCUT2D eigenvalue weighted by Gasteiger charge is 2.18. The van der Waals surface area contributed by atoms with Crippen molar-refractivity contribution in [3.05, 3.63) is 48.0 Å². The van der Waals surface area contributed by atoms with Crippen molar-refractivity contribution >= 4 is 33.9 Å². The number of carbonyl (C=O) groups is 1. The van der Waals surface area contributed by atoms with Gasteiger partial charge in [0.25, 0.3) is 0 Å². The van der Waals surface area contributed by atoms with Gasteiger partial charge in [0.15, 0.2) is 11.5 Å². The maximum atomic E-state index is 12.0. The van der Waals surface area contributed by atoms with Crippen LogP contribution in [0.2, 0.25) is 0 Å². The highest BCUT2D eigenvalue weighted by molar-refractivity contribution is 7.92. The van der Waals surface area contributed by atoms with E-state index >= 15 is 0 Å². The third-order valence-electron chi connectivity index (χ3n) is 3.05. The summed E-state index contributed by atoms with van der Waals surface area (Å²) < 4.78 is 36.4. The predicted molar refractivity (Wildman–Crippen MR) is 98.6 cm³/mol. The van der Waals surface area contributed by atoms with Crippen LogP contribution in [-0.4, -0.2) is 34.1 Å². The fourth-order valence-electron chi connectivity index (χ4n) is 2.04. The van der Waals surface area contributed by atoms with Crippen LogP contribution in [0.25, 0.3) is 0 Å². The van der Waals surface area contributed by atoms with E-state index in [0.29, 0.717) is 5.75 Å². The molecule has 0 aromatic heterocycles. The van der Waals surface area contributed by atoms with Crippen molar-refractivity contribution in [2.75, 3.05) is 24.6 Å². The summed E-state index contributed by atoms with van der Waals surface area (Å²) in [4.78, 5) is 12.0. The first-order valence-electron chi connectivity index (χ1n) is 7.00. The average molecular weight is 387 g/mol. The maximum absolute atomic E-state index is 12.0. The van der Waals surface area contributed by atoms with Crippen LogP contribution in [0.5, 0.6) is 17.2 Å². The highest BCUT2D eigenvalue weighted by Crippen LogP contribution is 2.36. The molecule has 9 heteroatoms. The molecule has 0 aliphatic heterocycles. The Morgan fingerprint density at radius 3 is 2.32 bits per heavy atom. The number of ketones is 1. The Bertz CT molecular complexity index is 841. The van der Waals surface area contributed by atoms with Gasteiger partial charge in [-0.05, 0) is 18.2 Å². The molecule has 0 atom stereocenters. The SMILES string of the molecule is COc1cc(NS(C)(=O)=O)c(Oc2ccccc2)cc1C(=O)CN.Cl. The van der Waals surface area contributed by atoms with Crippen LogP contribution in [0, 0.1) is 0 Å². The fraction of sp³-hybridized carbons (Fsp3) is 0.188. The van der Waals surface area contributed by atoms with Crippen LogP contribution in [-0.2, 0) is 10.0 Å². The number of nitrogens with one attached hydrogen (secondary N) is 1. The number of rotatable bonds is 7. The van der Waals surface area contributed by atoms with Gasteiger partial charge in [0, 0.05) is 6.07 Å². The van der Waals surface area contributed by atoms with Gasteiger partial charge in [-0.3, -0.25) is 9.52 Å². The van der Waals surface area contributed by atoms with E-state index in [1.807, 2.05) is 6.07 Å². The second-order valence-corrected chi connectivity index (χ2v) is 6.71. The monoisotopic (exact) mass is 386 g/mol. The zero-order chi connectivity index (χ0) is 17.7. The minimum atomic E-state index is -3.55. The van der Waals surface area contributed by atoms with Crippen molar-refractivity contribution in [3.63, 3.8) is 0 Å². The molecule has 2 rings (SSSR count). The van der Waals surface area contributed by atoms with Gasteiger partial charge in [0.05, 0.1) is 31.2 Å². The molecule has 0 fully saturated rings. The standard InChI is InChI=1S/C16H18N2O5S.ClH/c1-22-15-9-13(18-24(2,20)21)16(8-12(15)14(19)10-17)23-11-6-4-3-5-7-11;/h3-9,18H,10,17H2,1-2H3;1H. The summed E-state index contributed by atoms with van der Waals surface area (Å²) in [5, 5.41) is 0. The van der Waals surface area contributed by atoms with E-state index in [2.05, 4.69) is 4.72 Å². The molecule has 3 N–H and O–H groups in total. The third-order valence-corrected chi connectivity index (χ3v) is 3.64. The van der Waals surface area contributed by atoms with E-state index in [1.54, 1.807) is 24.3 Å². The molecule has 0 saturated carbocycles. The molecule has 0 saturated heterocycles. The Balaban J connectivity index is 0.00000312. The second-order valence-electron chi connectivity index (χ2n) is 4.97. The second kappa shape index (κ2) is 8.70. The average Bonchev–Trinajstić information content (AvgIpc) is 2.55. The number of carbonyl (C=O) groups excluding carboxylic acids is 1. The molecule has 2 aromatic rings. The Morgan fingerprint density at radius 1 is 1.16 bits per heavy atom. The molecule has 0 aliphatic rings. The number of halogens is 1. The van der Waals surface area contributed by atoms with Gasteiger partial charge in [-0.25, -0.2) is 8.42 Å². The van der Waals surface area contributed by atoms with Crippen LogP contribution in [0.3, 0.4) is 0 Å². The number of Topliss-reactive ketones (excluding diaryl/α,β-unsaturated/α-hetero) is 1. The molecule has 2 aromatic carbocycles. The molecular formula is C16H19ClN2O5S. The highest BCUT2D eigenvalue weighted by atomic mass is 35.5. The van der Waals surface area contributed by atoms with Crippen LogP contribution >= 0.6 is 12.4 Å². The van der Waals surface area contributed by atoms with Gasteiger partial charge in [-0.2, -0.15) is 0 Å². The van der Waals surface area contributed by atoms with E-state index in [0.717, 1.165) is 6.26 Å². The van der Waals surface area contributed by atoms with E-state index in [1.165, 1.54) is 19.2 Å². The van der Waals surface area contributed by atoms with Crippen LogP contribution in [0.4, 0.5) is 5.69 Å². The zero-order valence-corrected chi connectivity index (χ0v) is 15.3. The van der Waals surface area contributed by atoms with Gasteiger partial charge in [0.2, 0.25) is 10.0 Å². The summed E-state index contributed by atoms with van der Waals surface area (Å²) in [5.74, 6) is 0.516. The summed E-state index contributed by atoms with van der Waals surface area (Å²) in [6.07, 6.45) is 1.02. The molecule has 7 nitrogen and oxygen atoms in total. The van der Waals surface area contributed by atoms with Crippen molar-refractivity contribution in [3.8, 4) is 17.2 Å². The third kappa shape index (κ3) is 5.63. The zero-order valence-electron chi connectivity index (χ0n) is 13.7. The van der Waals surface area contributed by atoms with Crippen LogP contribution in [0.1, 0.15) is 10.4 Å². The minimum Gasteiger partial charge on any atom is -0.496 e. The smallest absolute Gasteiger partial charge is 0.229 e. The molecule has 0 amide bonds. The van der Waals surface area contributed by atoms with Gasteiger partial charge in [0.1, 0.15) is 11.5 Å². The molecule has 0 aliphatic carbocycles. The number of sulfonamides is 1. The summed E-state index contributed by atoms with van der Waals surface area (Å²) >= 11 is 0. The predicted octanol–water partition coefficient (Wildman–Crippen LogP) is 2.42. The molecule has 0 spiro atoms. The molecule has 25 heavy (non-hydrogen) atoms. The largest absolute Gasteiger partial charge is 0.496 e. The number of hydrogen-bond acceptors (Lipinski definition) is 6. The number of benzene rings is 2. The first-order valence-corrected chi connectivity index (χ1v) is 8.89. The van der Waals surface area contributed by atoms with E-state index in [-0.39, 0.29) is 47.5 Å². The van der Waals surface area contributed by atoms with E-state index in [4.69, 9.17) is 15.2 Å². The fourth-order valence-corrected chi connectivity index (χ4v) is 2.60. The Hall–Kier alpha value is -2.29. The Kier molecular flexibility index (Phi) is 7.22. The van der Waals surface area contributed by atoms with Crippen LogP contribution < -0.4 is 19.9 Å². The molecule has 0 bridgehead atoms. The van der Waals surface area contributed by atoms with Gasteiger partial charge in [-0.15, -0.1) is 12.4 Å². The van der Waals surface area contributed by atoms with Crippen molar-refractivity contribution in [2.45, 2.75) is 0 Å². The number of nitrogens with two attached hydrogens (primary N) is 1. The number of methoxy groups -OCH3 is 1. The first-order chi connectivity index (χ1) is 11.3. The number of ether oxygens (including phenoxy) is 2. The lowest BCUT2D eigenvalue weighted by Gasteiger charge is -2.16.